The molecule has 0 saturated heterocycles. The van der Waals surface area contributed by atoms with Gasteiger partial charge in [0.15, 0.2) is 5.82 Å². The highest BCUT2D eigenvalue weighted by molar-refractivity contribution is 5.96. The third kappa shape index (κ3) is 3.12. The van der Waals surface area contributed by atoms with Gasteiger partial charge in [0, 0.05) is 43.0 Å². The third-order valence-corrected chi connectivity index (χ3v) is 4.50. The molecule has 0 spiro atoms. The molecule has 5 heteroatoms. The molecule has 0 aliphatic heterocycles. The summed E-state index contributed by atoms with van der Waals surface area (Å²) >= 11 is 0. The molecule has 0 fully saturated rings. The summed E-state index contributed by atoms with van der Waals surface area (Å²) in [7, 11) is 3.89. The number of anilines is 1. The number of aryl methyl sites for hydroxylation is 1. The summed E-state index contributed by atoms with van der Waals surface area (Å²) in [5.74, 6) is 1.18. The lowest BCUT2D eigenvalue weighted by molar-refractivity contribution is 0.631. The molecule has 27 heavy (non-hydrogen) atoms. The van der Waals surface area contributed by atoms with Crippen molar-refractivity contribution in [3.05, 3.63) is 72.3 Å². The van der Waals surface area contributed by atoms with Gasteiger partial charge in [0.25, 0.3) is 0 Å². The molecule has 0 aliphatic rings. The molecule has 4 aromatic rings. The summed E-state index contributed by atoms with van der Waals surface area (Å²) in [5, 5.41) is 0.894. The predicted octanol–water partition coefficient (Wildman–Crippen LogP) is 4.87. The Bertz CT molecular complexity index is 1120. The first-order valence-corrected chi connectivity index (χ1v) is 8.69. The molecule has 2 aromatic carbocycles. The van der Waals surface area contributed by atoms with Crippen LogP contribution >= 0.6 is 0 Å². The number of halogens is 1. The summed E-state index contributed by atoms with van der Waals surface area (Å²) < 4.78 is 14.3. The van der Waals surface area contributed by atoms with E-state index in [4.69, 9.17) is 9.97 Å². The highest BCUT2D eigenvalue weighted by Gasteiger charge is 2.15. The molecule has 2 heterocycles. The van der Waals surface area contributed by atoms with Crippen molar-refractivity contribution in [3.8, 4) is 22.5 Å². The zero-order chi connectivity index (χ0) is 19.0. The molecule has 2 aromatic heterocycles. The standard InChI is InChI=1S/C22H19FN4/c1-14-11-16(17-8-4-5-9-19(17)23)12-18-20(14)25-21(26-22(18)27(2)3)15-7-6-10-24-13-15/h4-13H,1-3H3. The number of nitrogens with zero attached hydrogens (tertiary/aromatic N) is 4. The van der Waals surface area contributed by atoms with E-state index in [0.717, 1.165) is 33.4 Å². The van der Waals surface area contributed by atoms with Gasteiger partial charge < -0.3 is 4.90 Å². The molecule has 0 saturated carbocycles. The maximum absolute atomic E-state index is 14.3. The number of hydrogen-bond acceptors (Lipinski definition) is 4. The topological polar surface area (TPSA) is 41.9 Å². The minimum Gasteiger partial charge on any atom is -0.362 e. The molecule has 4 rings (SSSR count). The smallest absolute Gasteiger partial charge is 0.163 e. The van der Waals surface area contributed by atoms with Crippen LogP contribution in [0.3, 0.4) is 0 Å². The maximum atomic E-state index is 14.3. The second-order valence-electron chi connectivity index (χ2n) is 6.68. The highest BCUT2D eigenvalue weighted by Crippen LogP contribution is 2.33. The lowest BCUT2D eigenvalue weighted by Crippen LogP contribution is -2.12. The molecular formula is C22H19FN4. The van der Waals surface area contributed by atoms with E-state index in [1.807, 2.05) is 56.3 Å². The lowest BCUT2D eigenvalue weighted by Gasteiger charge is -2.17. The Labute approximate surface area is 157 Å². The number of benzene rings is 2. The first-order chi connectivity index (χ1) is 13.0. The summed E-state index contributed by atoms with van der Waals surface area (Å²) in [6.45, 7) is 1.99. The molecule has 0 bridgehead atoms. The number of fused-ring (bicyclic) bond motifs is 1. The van der Waals surface area contributed by atoms with Crippen molar-refractivity contribution in [2.45, 2.75) is 6.92 Å². The summed E-state index contributed by atoms with van der Waals surface area (Å²) in [6, 6.07) is 14.5. The molecule has 0 atom stereocenters. The Morgan fingerprint density at radius 3 is 2.44 bits per heavy atom. The average molecular weight is 358 g/mol. The van der Waals surface area contributed by atoms with Crippen LogP contribution in [-0.4, -0.2) is 29.0 Å². The summed E-state index contributed by atoms with van der Waals surface area (Å²) in [5.41, 5.74) is 4.08. The van der Waals surface area contributed by atoms with Gasteiger partial charge in [-0.25, -0.2) is 14.4 Å². The second-order valence-corrected chi connectivity index (χ2v) is 6.68. The third-order valence-electron chi connectivity index (χ3n) is 4.50. The fourth-order valence-corrected chi connectivity index (χ4v) is 3.21. The van der Waals surface area contributed by atoms with Gasteiger partial charge in [-0.3, -0.25) is 4.98 Å². The van der Waals surface area contributed by atoms with Gasteiger partial charge in [0.05, 0.1) is 5.52 Å². The van der Waals surface area contributed by atoms with Gasteiger partial charge in [-0.2, -0.15) is 0 Å². The highest BCUT2D eigenvalue weighted by atomic mass is 19.1. The fourth-order valence-electron chi connectivity index (χ4n) is 3.21. The van der Waals surface area contributed by atoms with Gasteiger partial charge in [-0.05, 0) is 48.4 Å². The normalized spacial score (nSPS) is 11.0. The van der Waals surface area contributed by atoms with Gasteiger partial charge in [-0.15, -0.1) is 0 Å². The SMILES string of the molecule is Cc1cc(-c2ccccc2F)cc2c(N(C)C)nc(-c3cccnc3)nc12. The van der Waals surface area contributed by atoms with E-state index in [1.165, 1.54) is 6.07 Å². The zero-order valence-electron chi connectivity index (χ0n) is 15.4. The first-order valence-electron chi connectivity index (χ1n) is 8.69. The fraction of sp³-hybridized carbons (Fsp3) is 0.136. The molecule has 0 aliphatic carbocycles. The Hall–Kier alpha value is -3.34. The first kappa shape index (κ1) is 17.1. The Morgan fingerprint density at radius 2 is 1.74 bits per heavy atom. The average Bonchev–Trinajstić information content (AvgIpc) is 2.68. The molecule has 4 nitrogen and oxygen atoms in total. The van der Waals surface area contributed by atoms with Crippen LogP contribution in [0.5, 0.6) is 0 Å². The van der Waals surface area contributed by atoms with Crippen molar-refractivity contribution in [2.75, 3.05) is 19.0 Å². The van der Waals surface area contributed by atoms with Gasteiger partial charge >= 0.3 is 0 Å². The van der Waals surface area contributed by atoms with Crippen LogP contribution in [0.25, 0.3) is 33.4 Å². The van der Waals surface area contributed by atoms with E-state index < -0.39 is 0 Å². The molecule has 0 N–H and O–H groups in total. The number of aromatic nitrogens is 3. The van der Waals surface area contributed by atoms with Crippen molar-refractivity contribution >= 4 is 16.7 Å². The maximum Gasteiger partial charge on any atom is 0.163 e. The zero-order valence-corrected chi connectivity index (χ0v) is 15.4. The van der Waals surface area contributed by atoms with Crippen molar-refractivity contribution in [3.63, 3.8) is 0 Å². The van der Waals surface area contributed by atoms with Crippen LogP contribution < -0.4 is 4.90 Å². The van der Waals surface area contributed by atoms with E-state index in [0.29, 0.717) is 11.4 Å². The lowest BCUT2D eigenvalue weighted by atomic mass is 9.99. The van der Waals surface area contributed by atoms with E-state index >= 15 is 0 Å². The molecular weight excluding hydrogens is 339 g/mol. The van der Waals surface area contributed by atoms with Gasteiger partial charge in [0.2, 0.25) is 0 Å². The van der Waals surface area contributed by atoms with E-state index in [9.17, 15) is 4.39 Å². The molecule has 0 radical (unpaired) electrons. The van der Waals surface area contributed by atoms with Crippen molar-refractivity contribution in [1.29, 1.82) is 0 Å². The van der Waals surface area contributed by atoms with Crippen molar-refractivity contribution < 1.29 is 4.39 Å². The van der Waals surface area contributed by atoms with Crippen LogP contribution in [0, 0.1) is 12.7 Å². The number of hydrogen-bond donors (Lipinski definition) is 0. The summed E-state index contributed by atoms with van der Waals surface area (Å²) in [4.78, 5) is 15.6. The van der Waals surface area contributed by atoms with E-state index in [2.05, 4.69) is 4.98 Å². The number of pyridine rings is 1. The Balaban J connectivity index is 2.00. The molecule has 0 unspecified atom stereocenters. The van der Waals surface area contributed by atoms with Crippen LogP contribution in [0.4, 0.5) is 10.2 Å². The molecule has 0 amide bonds. The molecule has 134 valence electrons. The minimum absolute atomic E-state index is 0.240. The van der Waals surface area contributed by atoms with Crippen LogP contribution in [-0.2, 0) is 0 Å². The van der Waals surface area contributed by atoms with Crippen molar-refractivity contribution in [2.24, 2.45) is 0 Å². The Morgan fingerprint density at radius 1 is 0.926 bits per heavy atom. The quantitative estimate of drug-likeness (QED) is 0.524. The number of rotatable bonds is 3. The largest absolute Gasteiger partial charge is 0.362 e. The predicted molar refractivity (Wildman–Crippen MR) is 107 cm³/mol. The van der Waals surface area contributed by atoms with Gasteiger partial charge in [-0.1, -0.05) is 18.2 Å². The van der Waals surface area contributed by atoms with Gasteiger partial charge in [0.1, 0.15) is 11.6 Å². The monoisotopic (exact) mass is 358 g/mol. The van der Waals surface area contributed by atoms with Crippen LogP contribution in [0.15, 0.2) is 60.9 Å². The Kier molecular flexibility index (Phi) is 4.28. The van der Waals surface area contributed by atoms with E-state index in [-0.39, 0.29) is 5.82 Å². The summed E-state index contributed by atoms with van der Waals surface area (Å²) in [6.07, 6.45) is 3.48. The second kappa shape index (κ2) is 6.76. The van der Waals surface area contributed by atoms with Crippen LogP contribution in [0.2, 0.25) is 0 Å². The van der Waals surface area contributed by atoms with E-state index in [1.54, 1.807) is 24.5 Å². The minimum atomic E-state index is -0.240. The van der Waals surface area contributed by atoms with Crippen molar-refractivity contribution in [1.82, 2.24) is 15.0 Å². The van der Waals surface area contributed by atoms with Crippen LogP contribution in [0.1, 0.15) is 5.56 Å².